The third-order valence-corrected chi connectivity index (χ3v) is 4.86. The maximum Gasteiger partial charge on any atom is 0.495 e. The Kier molecular flexibility index (Phi) is 5.06. The molecule has 2 rings (SSSR count). The fraction of sp³-hybridized carbons (Fsp3) is 0.625. The summed E-state index contributed by atoms with van der Waals surface area (Å²) in [5.41, 5.74) is 1.58. The molecular weight excluding hydrogens is 331 g/mol. The van der Waals surface area contributed by atoms with Gasteiger partial charge in [0.1, 0.15) is 5.75 Å². The van der Waals surface area contributed by atoms with Gasteiger partial charge in [-0.05, 0) is 64.2 Å². The zero-order chi connectivity index (χ0) is 15.7. The van der Waals surface area contributed by atoms with E-state index in [9.17, 15) is 0 Å². The first kappa shape index (κ1) is 16.8. The molecule has 1 aliphatic heterocycles. The topological polar surface area (TPSA) is 27.7 Å². The number of hydrogen-bond acceptors (Lipinski definition) is 3. The number of rotatable bonds is 5. The SMILES string of the molecule is Cc1cc(OCCCBr)ccc1B1OC(C)(C)C(C)(C)O1. The van der Waals surface area contributed by atoms with E-state index in [-0.39, 0.29) is 18.3 Å². The van der Waals surface area contributed by atoms with Gasteiger partial charge in [0.2, 0.25) is 0 Å². The van der Waals surface area contributed by atoms with Gasteiger partial charge in [0.15, 0.2) is 0 Å². The van der Waals surface area contributed by atoms with Crippen LogP contribution in [0.1, 0.15) is 39.7 Å². The van der Waals surface area contributed by atoms with E-state index in [1.54, 1.807) is 0 Å². The standard InChI is InChI=1S/C16H24BBrO3/c1-12-11-13(19-10-6-9-18)7-8-14(12)17-20-15(2,3)16(4,5)21-17/h7-8,11H,6,9-10H2,1-5H3. The molecular formula is C16H24BBrO3. The van der Waals surface area contributed by atoms with Crippen molar-refractivity contribution < 1.29 is 14.0 Å². The number of aryl methyl sites for hydroxylation is 1. The van der Waals surface area contributed by atoms with E-state index in [1.807, 2.05) is 12.1 Å². The molecule has 1 aromatic carbocycles. The molecule has 5 heteroatoms. The van der Waals surface area contributed by atoms with Gasteiger partial charge in [-0.3, -0.25) is 0 Å². The molecule has 1 heterocycles. The van der Waals surface area contributed by atoms with Crippen LogP contribution in [-0.2, 0) is 9.31 Å². The normalized spacial score (nSPS) is 19.8. The molecule has 0 atom stereocenters. The Morgan fingerprint density at radius 1 is 1.14 bits per heavy atom. The summed E-state index contributed by atoms with van der Waals surface area (Å²) < 4.78 is 17.9. The summed E-state index contributed by atoms with van der Waals surface area (Å²) in [5.74, 6) is 0.897. The van der Waals surface area contributed by atoms with E-state index < -0.39 is 0 Å². The molecule has 116 valence electrons. The van der Waals surface area contributed by atoms with Crippen LogP contribution in [0.3, 0.4) is 0 Å². The largest absolute Gasteiger partial charge is 0.495 e. The highest BCUT2D eigenvalue weighted by Crippen LogP contribution is 2.36. The van der Waals surface area contributed by atoms with Gasteiger partial charge in [0.25, 0.3) is 0 Å². The fourth-order valence-corrected chi connectivity index (χ4v) is 2.45. The number of ether oxygens (including phenoxy) is 1. The molecule has 0 N–H and O–H groups in total. The first-order chi connectivity index (χ1) is 9.77. The van der Waals surface area contributed by atoms with E-state index in [2.05, 4.69) is 56.6 Å². The van der Waals surface area contributed by atoms with Crippen LogP contribution in [0.2, 0.25) is 0 Å². The minimum atomic E-state index is -0.313. The number of hydrogen-bond donors (Lipinski definition) is 0. The average molecular weight is 355 g/mol. The first-order valence-electron chi connectivity index (χ1n) is 7.42. The summed E-state index contributed by atoms with van der Waals surface area (Å²) >= 11 is 3.40. The number of benzene rings is 1. The zero-order valence-corrected chi connectivity index (χ0v) is 15.1. The molecule has 1 aromatic rings. The number of alkyl halides is 1. The van der Waals surface area contributed by atoms with Crippen molar-refractivity contribution in [1.29, 1.82) is 0 Å². The molecule has 1 saturated heterocycles. The molecule has 0 bridgehead atoms. The van der Waals surface area contributed by atoms with Crippen molar-refractivity contribution in [2.45, 2.75) is 52.2 Å². The highest BCUT2D eigenvalue weighted by molar-refractivity contribution is 9.09. The van der Waals surface area contributed by atoms with Crippen LogP contribution in [0.15, 0.2) is 18.2 Å². The Bertz CT molecular complexity index is 486. The molecule has 21 heavy (non-hydrogen) atoms. The lowest BCUT2D eigenvalue weighted by molar-refractivity contribution is 0.00578. The monoisotopic (exact) mass is 354 g/mol. The van der Waals surface area contributed by atoms with Crippen molar-refractivity contribution in [2.75, 3.05) is 11.9 Å². The lowest BCUT2D eigenvalue weighted by Crippen LogP contribution is -2.41. The lowest BCUT2D eigenvalue weighted by atomic mass is 9.76. The molecule has 0 aliphatic carbocycles. The van der Waals surface area contributed by atoms with E-state index in [1.165, 1.54) is 0 Å². The van der Waals surface area contributed by atoms with Crippen LogP contribution >= 0.6 is 15.9 Å². The highest BCUT2D eigenvalue weighted by atomic mass is 79.9. The van der Waals surface area contributed by atoms with Crippen LogP contribution < -0.4 is 10.2 Å². The summed E-state index contributed by atoms with van der Waals surface area (Å²) in [7, 11) is -0.313. The van der Waals surface area contributed by atoms with Crippen molar-refractivity contribution in [2.24, 2.45) is 0 Å². The second kappa shape index (κ2) is 6.31. The predicted molar refractivity (Wildman–Crippen MR) is 90.8 cm³/mol. The van der Waals surface area contributed by atoms with Gasteiger partial charge >= 0.3 is 7.12 Å². The van der Waals surface area contributed by atoms with E-state index in [0.29, 0.717) is 0 Å². The van der Waals surface area contributed by atoms with E-state index >= 15 is 0 Å². The summed E-state index contributed by atoms with van der Waals surface area (Å²) in [4.78, 5) is 0. The predicted octanol–water partition coefficient (Wildman–Crippen LogP) is 3.46. The Balaban J connectivity index is 2.12. The average Bonchev–Trinajstić information content (AvgIpc) is 2.58. The summed E-state index contributed by atoms with van der Waals surface area (Å²) in [5, 5.41) is 0.956. The molecule has 0 amide bonds. The summed E-state index contributed by atoms with van der Waals surface area (Å²) in [6.45, 7) is 11.1. The quantitative estimate of drug-likeness (QED) is 0.460. The Morgan fingerprint density at radius 2 is 1.76 bits per heavy atom. The maximum absolute atomic E-state index is 6.10. The second-order valence-corrected chi connectivity index (χ2v) is 7.29. The lowest BCUT2D eigenvalue weighted by Gasteiger charge is -2.32. The van der Waals surface area contributed by atoms with Crippen LogP contribution in [0.4, 0.5) is 0 Å². The second-order valence-electron chi connectivity index (χ2n) is 6.50. The first-order valence-corrected chi connectivity index (χ1v) is 8.54. The highest BCUT2D eigenvalue weighted by Gasteiger charge is 2.52. The van der Waals surface area contributed by atoms with Crippen LogP contribution in [0.25, 0.3) is 0 Å². The van der Waals surface area contributed by atoms with E-state index in [0.717, 1.165) is 35.1 Å². The van der Waals surface area contributed by atoms with Gasteiger partial charge in [0.05, 0.1) is 17.8 Å². The van der Waals surface area contributed by atoms with Crippen molar-refractivity contribution in [3.63, 3.8) is 0 Å². The van der Waals surface area contributed by atoms with E-state index in [4.69, 9.17) is 14.0 Å². The molecule has 1 aliphatic rings. The van der Waals surface area contributed by atoms with Crippen LogP contribution in [0, 0.1) is 6.92 Å². The Hall–Kier alpha value is -0.515. The minimum Gasteiger partial charge on any atom is -0.494 e. The minimum absolute atomic E-state index is 0.310. The Labute approximate surface area is 136 Å². The molecule has 0 spiro atoms. The third-order valence-electron chi connectivity index (χ3n) is 4.30. The van der Waals surface area contributed by atoms with Crippen LogP contribution in [0.5, 0.6) is 5.75 Å². The molecule has 0 aromatic heterocycles. The van der Waals surface area contributed by atoms with Crippen molar-refractivity contribution in [3.8, 4) is 5.75 Å². The molecule has 0 saturated carbocycles. The smallest absolute Gasteiger partial charge is 0.494 e. The summed E-state index contributed by atoms with van der Waals surface area (Å²) in [6.07, 6.45) is 0.998. The van der Waals surface area contributed by atoms with Gasteiger partial charge < -0.3 is 14.0 Å². The molecule has 0 unspecified atom stereocenters. The fourth-order valence-electron chi connectivity index (χ4n) is 2.22. The van der Waals surface area contributed by atoms with Gasteiger partial charge in [-0.2, -0.15) is 0 Å². The van der Waals surface area contributed by atoms with Gasteiger partial charge in [0, 0.05) is 5.33 Å². The maximum atomic E-state index is 6.10. The molecule has 1 fully saturated rings. The molecule has 3 nitrogen and oxygen atoms in total. The van der Waals surface area contributed by atoms with Crippen molar-refractivity contribution in [3.05, 3.63) is 23.8 Å². The van der Waals surface area contributed by atoms with Gasteiger partial charge in [-0.15, -0.1) is 0 Å². The van der Waals surface area contributed by atoms with Crippen LogP contribution in [-0.4, -0.2) is 30.3 Å². The third kappa shape index (κ3) is 3.63. The zero-order valence-electron chi connectivity index (χ0n) is 13.5. The summed E-state index contributed by atoms with van der Waals surface area (Å²) in [6, 6.07) is 6.08. The molecule has 0 radical (unpaired) electrons. The number of halogens is 1. The van der Waals surface area contributed by atoms with Crippen molar-refractivity contribution in [1.82, 2.24) is 0 Å². The van der Waals surface area contributed by atoms with Crippen molar-refractivity contribution >= 4 is 28.5 Å². The Morgan fingerprint density at radius 3 is 2.29 bits per heavy atom. The van der Waals surface area contributed by atoms with Gasteiger partial charge in [-0.25, -0.2) is 0 Å². The van der Waals surface area contributed by atoms with Gasteiger partial charge in [-0.1, -0.05) is 22.0 Å².